The number of hydrogen-bond acceptors (Lipinski definition) is 4. The summed E-state index contributed by atoms with van der Waals surface area (Å²) in [7, 11) is 0. The molecule has 5 rings (SSSR count). The second-order valence-electron chi connectivity index (χ2n) is 7.49. The first-order valence-electron chi connectivity index (χ1n) is 9.70. The van der Waals surface area contributed by atoms with Crippen LogP contribution in [0.4, 0.5) is 11.4 Å². The molecule has 28 heavy (non-hydrogen) atoms. The van der Waals surface area contributed by atoms with E-state index in [2.05, 4.69) is 22.4 Å². The summed E-state index contributed by atoms with van der Waals surface area (Å²) in [5.41, 5.74) is 5.05. The smallest absolute Gasteiger partial charge is 0.144 e. The summed E-state index contributed by atoms with van der Waals surface area (Å²) in [6.07, 6.45) is 4.95. The quantitative estimate of drug-likeness (QED) is 0.687. The minimum Gasteiger partial charge on any atom is -0.375 e. The van der Waals surface area contributed by atoms with Crippen LogP contribution in [0.1, 0.15) is 35.9 Å². The molecule has 0 radical (unpaired) electrons. The van der Waals surface area contributed by atoms with Gasteiger partial charge in [0.25, 0.3) is 0 Å². The van der Waals surface area contributed by atoms with Crippen LogP contribution in [-0.2, 0) is 4.79 Å². The van der Waals surface area contributed by atoms with Crippen molar-refractivity contribution in [2.75, 3.05) is 5.32 Å². The van der Waals surface area contributed by atoms with Crippen LogP contribution in [-0.4, -0.2) is 16.5 Å². The minimum absolute atomic E-state index is 0.152. The average molecular weight is 367 g/mol. The van der Waals surface area contributed by atoms with Crippen molar-refractivity contribution >= 4 is 22.9 Å². The van der Waals surface area contributed by atoms with Gasteiger partial charge in [-0.05, 0) is 41.7 Å². The van der Waals surface area contributed by atoms with Crippen LogP contribution in [0.3, 0.4) is 0 Å². The number of para-hydroxylation sites is 2. The van der Waals surface area contributed by atoms with Gasteiger partial charge < -0.3 is 5.32 Å². The van der Waals surface area contributed by atoms with Crippen LogP contribution in [0, 0.1) is 5.92 Å². The monoisotopic (exact) mass is 367 g/mol. The van der Waals surface area contributed by atoms with Gasteiger partial charge in [0.2, 0.25) is 0 Å². The van der Waals surface area contributed by atoms with E-state index in [1.54, 1.807) is 6.20 Å². The molecule has 2 aliphatic rings. The van der Waals surface area contributed by atoms with Gasteiger partial charge in [0, 0.05) is 24.5 Å². The summed E-state index contributed by atoms with van der Waals surface area (Å²) in [4.78, 5) is 22.6. The van der Waals surface area contributed by atoms with Gasteiger partial charge in [0.05, 0.1) is 23.3 Å². The molecule has 1 N–H and O–H groups in total. The summed E-state index contributed by atoms with van der Waals surface area (Å²) in [5, 5.41) is 3.58. The fourth-order valence-corrected chi connectivity index (χ4v) is 4.40. The van der Waals surface area contributed by atoms with Gasteiger partial charge in [-0.25, -0.2) is 0 Å². The van der Waals surface area contributed by atoms with Crippen LogP contribution < -0.4 is 5.32 Å². The molecule has 3 aromatic rings. The van der Waals surface area contributed by atoms with Gasteiger partial charge >= 0.3 is 0 Å². The summed E-state index contributed by atoms with van der Waals surface area (Å²) in [6, 6.07) is 22.1. The molecular formula is C24H21N3O. The van der Waals surface area contributed by atoms with Crippen LogP contribution >= 0.6 is 0 Å². The number of carbonyl (C=O) groups is 1. The molecule has 2 aromatic carbocycles. The van der Waals surface area contributed by atoms with Crippen molar-refractivity contribution in [2.24, 2.45) is 10.9 Å². The van der Waals surface area contributed by atoms with E-state index in [1.165, 1.54) is 5.56 Å². The molecule has 3 atom stereocenters. The first-order valence-corrected chi connectivity index (χ1v) is 9.70. The van der Waals surface area contributed by atoms with Crippen molar-refractivity contribution in [2.45, 2.75) is 24.8 Å². The lowest BCUT2D eigenvalue weighted by molar-refractivity contribution is -0.122. The van der Waals surface area contributed by atoms with Crippen molar-refractivity contribution in [1.29, 1.82) is 0 Å². The predicted molar refractivity (Wildman–Crippen MR) is 111 cm³/mol. The van der Waals surface area contributed by atoms with E-state index >= 15 is 0 Å². The third-order valence-electron chi connectivity index (χ3n) is 5.74. The molecule has 0 bridgehead atoms. The Kier molecular flexibility index (Phi) is 4.24. The first kappa shape index (κ1) is 16.9. The zero-order chi connectivity index (χ0) is 18.9. The van der Waals surface area contributed by atoms with Crippen molar-refractivity contribution < 1.29 is 4.79 Å². The van der Waals surface area contributed by atoms with E-state index in [9.17, 15) is 4.79 Å². The van der Waals surface area contributed by atoms with Gasteiger partial charge in [0.1, 0.15) is 5.78 Å². The fourth-order valence-electron chi connectivity index (χ4n) is 4.40. The van der Waals surface area contributed by atoms with Gasteiger partial charge in [-0.2, -0.15) is 0 Å². The fraction of sp³-hybridized carbons (Fsp3) is 0.208. The Hall–Kier alpha value is -3.27. The Morgan fingerprint density at radius 2 is 1.64 bits per heavy atom. The van der Waals surface area contributed by atoms with E-state index < -0.39 is 0 Å². The number of fused-ring (bicyclic) bond motifs is 2. The molecule has 0 amide bonds. The van der Waals surface area contributed by atoms with E-state index in [4.69, 9.17) is 4.99 Å². The van der Waals surface area contributed by atoms with Gasteiger partial charge in [-0.15, -0.1) is 0 Å². The maximum Gasteiger partial charge on any atom is 0.144 e. The highest BCUT2D eigenvalue weighted by molar-refractivity contribution is 6.10. The first-order chi connectivity index (χ1) is 13.8. The van der Waals surface area contributed by atoms with E-state index in [0.29, 0.717) is 6.42 Å². The molecule has 3 unspecified atom stereocenters. The SMILES string of the molecule is O=C1CC(c2ccccc2)CC2=Nc3ccccc3NC(c3cccnc3)C12. The summed E-state index contributed by atoms with van der Waals surface area (Å²) >= 11 is 0. The Labute approximate surface area is 164 Å². The molecule has 4 nitrogen and oxygen atoms in total. The lowest BCUT2D eigenvalue weighted by Gasteiger charge is -2.33. The number of nitrogens with zero attached hydrogens (tertiary/aromatic N) is 2. The number of aliphatic imine (C=N–C) groups is 1. The van der Waals surface area contributed by atoms with Crippen molar-refractivity contribution in [1.82, 2.24) is 4.98 Å². The molecular weight excluding hydrogens is 346 g/mol. The van der Waals surface area contributed by atoms with E-state index in [1.807, 2.05) is 60.8 Å². The predicted octanol–water partition coefficient (Wildman–Crippen LogP) is 5.08. The van der Waals surface area contributed by atoms with E-state index in [-0.39, 0.29) is 23.7 Å². The zero-order valence-corrected chi connectivity index (χ0v) is 15.5. The number of carbonyl (C=O) groups excluding carboxylic acids is 1. The second-order valence-corrected chi connectivity index (χ2v) is 7.49. The highest BCUT2D eigenvalue weighted by Gasteiger charge is 2.41. The number of hydrogen-bond donors (Lipinski definition) is 1. The third kappa shape index (κ3) is 3.01. The average Bonchev–Trinajstić information content (AvgIpc) is 2.92. The minimum atomic E-state index is -0.267. The number of ketones is 1. The molecule has 1 saturated carbocycles. The molecule has 0 saturated heterocycles. The standard InChI is InChI=1S/C24H21N3O/c28-22-14-18(16-7-2-1-3-8-16)13-21-23(22)24(17-9-6-12-25-15-17)27-20-11-5-4-10-19(20)26-21/h1-12,15,18,23-24,27H,13-14H2. The van der Waals surface area contributed by atoms with Crippen LogP contribution in [0.5, 0.6) is 0 Å². The highest BCUT2D eigenvalue weighted by atomic mass is 16.1. The zero-order valence-electron chi connectivity index (χ0n) is 15.5. The highest BCUT2D eigenvalue weighted by Crippen LogP contribution is 2.43. The van der Waals surface area contributed by atoms with Crippen molar-refractivity contribution in [3.05, 3.63) is 90.3 Å². The maximum atomic E-state index is 13.4. The lowest BCUT2D eigenvalue weighted by atomic mass is 9.72. The number of pyridine rings is 1. The van der Waals surface area contributed by atoms with Gasteiger partial charge in [-0.1, -0.05) is 48.5 Å². The number of Topliss-reactive ketones (excluding diaryl/α,β-unsaturated/α-hetero) is 1. The topological polar surface area (TPSA) is 54.4 Å². The third-order valence-corrected chi connectivity index (χ3v) is 5.74. The summed E-state index contributed by atoms with van der Waals surface area (Å²) in [5.74, 6) is 0.160. The molecule has 1 fully saturated rings. The molecule has 4 heteroatoms. The Morgan fingerprint density at radius 3 is 2.46 bits per heavy atom. The van der Waals surface area contributed by atoms with Gasteiger partial charge in [-0.3, -0.25) is 14.8 Å². The molecule has 1 aliphatic heterocycles. The number of anilines is 1. The maximum absolute atomic E-state index is 13.4. The number of benzene rings is 2. The lowest BCUT2D eigenvalue weighted by Crippen LogP contribution is -2.38. The van der Waals surface area contributed by atoms with Gasteiger partial charge in [0.15, 0.2) is 0 Å². The number of rotatable bonds is 2. The Morgan fingerprint density at radius 1 is 0.857 bits per heavy atom. The number of nitrogens with one attached hydrogen (secondary N) is 1. The largest absolute Gasteiger partial charge is 0.375 e. The Bertz CT molecular complexity index is 1030. The summed E-state index contributed by atoms with van der Waals surface area (Å²) < 4.78 is 0. The van der Waals surface area contributed by atoms with Crippen LogP contribution in [0.2, 0.25) is 0 Å². The Balaban J connectivity index is 1.60. The number of aromatic nitrogens is 1. The van der Waals surface area contributed by atoms with Crippen molar-refractivity contribution in [3.8, 4) is 0 Å². The molecule has 0 spiro atoms. The molecule has 1 aromatic heterocycles. The van der Waals surface area contributed by atoms with E-state index in [0.717, 1.165) is 29.1 Å². The van der Waals surface area contributed by atoms with Crippen molar-refractivity contribution in [3.63, 3.8) is 0 Å². The molecule has 2 heterocycles. The second kappa shape index (κ2) is 7.04. The van der Waals surface area contributed by atoms with Crippen LogP contribution in [0.15, 0.2) is 84.1 Å². The molecule has 1 aliphatic carbocycles. The molecule has 138 valence electrons. The normalized spacial score (nSPS) is 23.6. The van der Waals surface area contributed by atoms with Crippen LogP contribution in [0.25, 0.3) is 0 Å². The summed E-state index contributed by atoms with van der Waals surface area (Å²) in [6.45, 7) is 0.